The lowest BCUT2D eigenvalue weighted by Gasteiger charge is -2.15. The van der Waals surface area contributed by atoms with Crippen LogP contribution in [0.5, 0.6) is 5.75 Å². The van der Waals surface area contributed by atoms with Crippen LogP contribution in [-0.4, -0.2) is 25.6 Å². The van der Waals surface area contributed by atoms with E-state index in [2.05, 4.69) is 24.5 Å². The normalized spacial score (nSPS) is 12.3. The maximum Gasteiger partial charge on any atom is 0.221 e. The predicted octanol–water partition coefficient (Wildman–Crippen LogP) is 2.26. The molecule has 0 aliphatic rings. The highest BCUT2D eigenvalue weighted by Gasteiger charge is 2.09. The maximum absolute atomic E-state index is 11.8. The van der Waals surface area contributed by atoms with Crippen LogP contribution in [0.15, 0.2) is 24.3 Å². The van der Waals surface area contributed by atoms with Crippen molar-refractivity contribution in [2.45, 2.75) is 39.3 Å². The van der Waals surface area contributed by atoms with Crippen molar-refractivity contribution >= 4 is 5.91 Å². The first-order valence-electron chi connectivity index (χ1n) is 6.69. The second kappa shape index (κ2) is 7.79. The Hall–Kier alpha value is -1.55. The standard InChI is InChI=1S/C15H24N2O2/c1-11(2)16-10-9-15(18)17-12(3)13-5-7-14(19-4)8-6-13/h5-8,11-12,16H,9-10H2,1-4H3,(H,17,18). The fraction of sp³-hybridized carbons (Fsp3) is 0.533. The quantitative estimate of drug-likeness (QED) is 0.794. The van der Waals surface area contributed by atoms with E-state index in [9.17, 15) is 4.79 Å². The van der Waals surface area contributed by atoms with Crippen molar-refractivity contribution in [1.82, 2.24) is 10.6 Å². The zero-order valence-corrected chi connectivity index (χ0v) is 12.2. The minimum absolute atomic E-state index is 0.0115. The molecule has 0 heterocycles. The van der Waals surface area contributed by atoms with E-state index < -0.39 is 0 Å². The minimum Gasteiger partial charge on any atom is -0.497 e. The van der Waals surface area contributed by atoms with E-state index in [0.29, 0.717) is 19.0 Å². The average Bonchev–Trinajstić information content (AvgIpc) is 2.38. The number of carbonyl (C=O) groups is 1. The monoisotopic (exact) mass is 264 g/mol. The predicted molar refractivity (Wildman–Crippen MR) is 77.3 cm³/mol. The number of carbonyl (C=O) groups excluding carboxylic acids is 1. The summed E-state index contributed by atoms with van der Waals surface area (Å²) < 4.78 is 5.11. The Balaban J connectivity index is 2.40. The van der Waals surface area contributed by atoms with Gasteiger partial charge in [-0.2, -0.15) is 0 Å². The fourth-order valence-electron chi connectivity index (χ4n) is 1.76. The smallest absolute Gasteiger partial charge is 0.221 e. The number of ether oxygens (including phenoxy) is 1. The van der Waals surface area contributed by atoms with Crippen LogP contribution in [0, 0.1) is 0 Å². The lowest BCUT2D eigenvalue weighted by atomic mass is 10.1. The second-order valence-electron chi connectivity index (χ2n) is 4.92. The van der Waals surface area contributed by atoms with Crippen LogP contribution in [0.1, 0.15) is 38.8 Å². The molecule has 4 nitrogen and oxygen atoms in total. The van der Waals surface area contributed by atoms with Crippen molar-refractivity contribution < 1.29 is 9.53 Å². The summed E-state index contributed by atoms with van der Waals surface area (Å²) in [5.74, 6) is 0.889. The maximum atomic E-state index is 11.8. The average molecular weight is 264 g/mol. The molecule has 1 aromatic rings. The van der Waals surface area contributed by atoms with E-state index in [0.717, 1.165) is 11.3 Å². The molecule has 0 aliphatic carbocycles. The Morgan fingerprint density at radius 1 is 1.21 bits per heavy atom. The van der Waals surface area contributed by atoms with Gasteiger partial charge in [0.25, 0.3) is 0 Å². The third-order valence-corrected chi connectivity index (χ3v) is 2.90. The van der Waals surface area contributed by atoms with Gasteiger partial charge in [0.1, 0.15) is 5.75 Å². The zero-order chi connectivity index (χ0) is 14.3. The molecule has 0 spiro atoms. The van der Waals surface area contributed by atoms with Gasteiger partial charge in [0, 0.05) is 19.0 Å². The molecule has 2 N–H and O–H groups in total. The molecule has 0 bridgehead atoms. The Morgan fingerprint density at radius 3 is 2.37 bits per heavy atom. The summed E-state index contributed by atoms with van der Waals surface area (Å²) in [5, 5.41) is 6.21. The van der Waals surface area contributed by atoms with E-state index in [1.54, 1.807) is 7.11 Å². The summed E-state index contributed by atoms with van der Waals surface area (Å²) in [5.41, 5.74) is 1.07. The molecule has 0 aliphatic heterocycles. The van der Waals surface area contributed by atoms with Crippen LogP contribution in [0.4, 0.5) is 0 Å². The summed E-state index contributed by atoms with van der Waals surface area (Å²) in [7, 11) is 1.64. The van der Waals surface area contributed by atoms with Crippen molar-refractivity contribution in [3.8, 4) is 5.75 Å². The summed E-state index contributed by atoms with van der Waals surface area (Å²) in [6.07, 6.45) is 0.499. The highest BCUT2D eigenvalue weighted by atomic mass is 16.5. The third kappa shape index (κ3) is 5.75. The number of rotatable bonds is 7. The summed E-state index contributed by atoms with van der Waals surface area (Å²) in [6, 6.07) is 8.16. The molecule has 1 unspecified atom stereocenters. The number of hydrogen-bond donors (Lipinski definition) is 2. The highest BCUT2D eigenvalue weighted by Crippen LogP contribution is 2.17. The van der Waals surface area contributed by atoms with Crippen LogP contribution in [0.25, 0.3) is 0 Å². The molecule has 1 amide bonds. The topological polar surface area (TPSA) is 50.4 Å². The number of hydrogen-bond acceptors (Lipinski definition) is 3. The molecule has 1 aromatic carbocycles. The van der Waals surface area contributed by atoms with E-state index in [-0.39, 0.29) is 11.9 Å². The van der Waals surface area contributed by atoms with E-state index in [1.807, 2.05) is 31.2 Å². The van der Waals surface area contributed by atoms with Crippen molar-refractivity contribution in [2.24, 2.45) is 0 Å². The Labute approximate surface area is 115 Å². The molecule has 19 heavy (non-hydrogen) atoms. The van der Waals surface area contributed by atoms with Gasteiger partial charge in [-0.1, -0.05) is 26.0 Å². The van der Waals surface area contributed by atoms with E-state index >= 15 is 0 Å². The zero-order valence-electron chi connectivity index (χ0n) is 12.2. The molecular weight excluding hydrogens is 240 g/mol. The first-order valence-corrected chi connectivity index (χ1v) is 6.69. The highest BCUT2D eigenvalue weighted by molar-refractivity contribution is 5.76. The van der Waals surface area contributed by atoms with Crippen LogP contribution in [0.2, 0.25) is 0 Å². The van der Waals surface area contributed by atoms with Gasteiger partial charge in [-0.3, -0.25) is 4.79 Å². The van der Waals surface area contributed by atoms with Crippen LogP contribution >= 0.6 is 0 Å². The van der Waals surface area contributed by atoms with Gasteiger partial charge in [0.2, 0.25) is 5.91 Å². The van der Waals surface area contributed by atoms with E-state index in [4.69, 9.17) is 4.74 Å². The van der Waals surface area contributed by atoms with Crippen molar-refractivity contribution in [3.05, 3.63) is 29.8 Å². The van der Waals surface area contributed by atoms with Gasteiger partial charge in [-0.15, -0.1) is 0 Å². The molecule has 1 atom stereocenters. The summed E-state index contributed by atoms with van der Waals surface area (Å²) >= 11 is 0. The fourth-order valence-corrected chi connectivity index (χ4v) is 1.76. The molecule has 0 aromatic heterocycles. The summed E-state index contributed by atoms with van der Waals surface area (Å²) in [6.45, 7) is 6.82. The number of amides is 1. The number of methoxy groups -OCH3 is 1. The number of benzene rings is 1. The molecule has 0 saturated heterocycles. The summed E-state index contributed by atoms with van der Waals surface area (Å²) in [4.78, 5) is 11.8. The molecule has 1 rings (SSSR count). The Bertz CT molecular complexity index is 388. The van der Waals surface area contributed by atoms with Gasteiger partial charge in [0.15, 0.2) is 0 Å². The molecule has 0 fully saturated rings. The van der Waals surface area contributed by atoms with Gasteiger partial charge in [-0.25, -0.2) is 0 Å². The van der Waals surface area contributed by atoms with Crippen molar-refractivity contribution in [2.75, 3.05) is 13.7 Å². The van der Waals surface area contributed by atoms with Crippen LogP contribution in [0.3, 0.4) is 0 Å². The van der Waals surface area contributed by atoms with Gasteiger partial charge >= 0.3 is 0 Å². The van der Waals surface area contributed by atoms with Crippen molar-refractivity contribution in [1.29, 1.82) is 0 Å². The second-order valence-corrected chi connectivity index (χ2v) is 4.92. The Kier molecular flexibility index (Phi) is 6.36. The lowest BCUT2D eigenvalue weighted by molar-refractivity contribution is -0.121. The molecule has 0 saturated carbocycles. The molecule has 106 valence electrons. The first-order chi connectivity index (χ1) is 9.02. The number of nitrogens with one attached hydrogen (secondary N) is 2. The Morgan fingerprint density at radius 2 is 1.84 bits per heavy atom. The minimum atomic E-state index is 0.0115. The van der Waals surface area contributed by atoms with Gasteiger partial charge in [0.05, 0.1) is 13.2 Å². The first kappa shape index (κ1) is 15.5. The third-order valence-electron chi connectivity index (χ3n) is 2.90. The van der Waals surface area contributed by atoms with Crippen LogP contribution < -0.4 is 15.4 Å². The molecule has 4 heteroatoms. The largest absolute Gasteiger partial charge is 0.497 e. The molecular formula is C15H24N2O2. The SMILES string of the molecule is COc1ccc(C(C)NC(=O)CCNC(C)C)cc1. The van der Waals surface area contributed by atoms with Crippen molar-refractivity contribution in [3.63, 3.8) is 0 Å². The van der Waals surface area contributed by atoms with Crippen LogP contribution in [-0.2, 0) is 4.79 Å². The van der Waals surface area contributed by atoms with Gasteiger partial charge in [-0.05, 0) is 24.6 Å². The molecule has 0 radical (unpaired) electrons. The lowest BCUT2D eigenvalue weighted by Crippen LogP contribution is -2.31. The van der Waals surface area contributed by atoms with Gasteiger partial charge < -0.3 is 15.4 Å². The van der Waals surface area contributed by atoms with E-state index in [1.165, 1.54) is 0 Å².